The molecule has 0 aliphatic carbocycles. The van der Waals surface area contributed by atoms with Crippen LogP contribution >= 0.6 is 0 Å². The standard InChI is InChI=1S/C17H26N2O2/c1-19(11-5-8-15-6-3-2-4-7-15)16(20)17(14-18)9-12-21-13-10-17/h2-4,6-7H,5,8-14,18H2,1H3. The monoisotopic (exact) mass is 290 g/mol. The number of carbonyl (C=O) groups excluding carboxylic acids is 1. The fourth-order valence-corrected chi connectivity index (χ4v) is 2.94. The normalized spacial score (nSPS) is 17.4. The van der Waals surface area contributed by atoms with Crippen molar-refractivity contribution >= 4 is 5.91 Å². The van der Waals surface area contributed by atoms with E-state index in [0.717, 1.165) is 32.2 Å². The van der Waals surface area contributed by atoms with E-state index in [1.807, 2.05) is 18.0 Å². The average molecular weight is 290 g/mol. The van der Waals surface area contributed by atoms with Gasteiger partial charge in [-0.2, -0.15) is 0 Å². The molecule has 1 aromatic carbocycles. The molecule has 4 nitrogen and oxygen atoms in total. The van der Waals surface area contributed by atoms with E-state index in [-0.39, 0.29) is 5.91 Å². The molecule has 0 aromatic heterocycles. The van der Waals surface area contributed by atoms with Gasteiger partial charge in [-0.3, -0.25) is 4.79 Å². The number of carbonyl (C=O) groups is 1. The van der Waals surface area contributed by atoms with Crippen LogP contribution in [0.5, 0.6) is 0 Å². The minimum absolute atomic E-state index is 0.182. The van der Waals surface area contributed by atoms with Crippen LogP contribution in [0.4, 0.5) is 0 Å². The van der Waals surface area contributed by atoms with Crippen LogP contribution in [0.15, 0.2) is 30.3 Å². The van der Waals surface area contributed by atoms with Crippen LogP contribution in [0.3, 0.4) is 0 Å². The molecule has 1 heterocycles. The lowest BCUT2D eigenvalue weighted by Crippen LogP contribution is -2.50. The molecular formula is C17H26N2O2. The second kappa shape index (κ2) is 7.57. The van der Waals surface area contributed by atoms with Gasteiger partial charge < -0.3 is 15.4 Å². The van der Waals surface area contributed by atoms with Crippen molar-refractivity contribution in [3.05, 3.63) is 35.9 Å². The molecule has 0 atom stereocenters. The lowest BCUT2D eigenvalue weighted by Gasteiger charge is -2.37. The highest BCUT2D eigenvalue weighted by molar-refractivity contribution is 5.83. The van der Waals surface area contributed by atoms with Gasteiger partial charge in [0, 0.05) is 33.4 Å². The van der Waals surface area contributed by atoms with Crippen LogP contribution in [0.1, 0.15) is 24.8 Å². The van der Waals surface area contributed by atoms with Gasteiger partial charge in [-0.15, -0.1) is 0 Å². The molecule has 1 amide bonds. The Morgan fingerprint density at radius 1 is 1.29 bits per heavy atom. The molecule has 1 fully saturated rings. The van der Waals surface area contributed by atoms with E-state index in [1.54, 1.807) is 0 Å². The molecule has 116 valence electrons. The number of rotatable bonds is 6. The second-order valence-corrected chi connectivity index (χ2v) is 5.91. The van der Waals surface area contributed by atoms with Crippen LogP contribution in [0, 0.1) is 5.41 Å². The number of hydrogen-bond donors (Lipinski definition) is 1. The molecule has 21 heavy (non-hydrogen) atoms. The summed E-state index contributed by atoms with van der Waals surface area (Å²) < 4.78 is 5.37. The van der Waals surface area contributed by atoms with Crippen molar-refractivity contribution in [1.29, 1.82) is 0 Å². The molecule has 1 aliphatic rings. The maximum absolute atomic E-state index is 12.7. The van der Waals surface area contributed by atoms with Crippen molar-refractivity contribution in [1.82, 2.24) is 4.90 Å². The largest absolute Gasteiger partial charge is 0.381 e. The van der Waals surface area contributed by atoms with Gasteiger partial charge in [0.2, 0.25) is 5.91 Å². The summed E-state index contributed by atoms with van der Waals surface area (Å²) in [7, 11) is 1.89. The van der Waals surface area contributed by atoms with Crippen molar-refractivity contribution in [2.45, 2.75) is 25.7 Å². The third kappa shape index (κ3) is 4.05. The molecule has 0 spiro atoms. The first-order valence-electron chi connectivity index (χ1n) is 7.75. The Kier molecular flexibility index (Phi) is 5.76. The first-order chi connectivity index (χ1) is 10.2. The number of nitrogens with two attached hydrogens (primary N) is 1. The Hall–Kier alpha value is -1.39. The summed E-state index contributed by atoms with van der Waals surface area (Å²) in [5, 5.41) is 0. The Morgan fingerprint density at radius 2 is 1.95 bits per heavy atom. The zero-order chi connectivity index (χ0) is 15.1. The van der Waals surface area contributed by atoms with Crippen LogP contribution in [0.25, 0.3) is 0 Å². The van der Waals surface area contributed by atoms with Gasteiger partial charge in [0.1, 0.15) is 0 Å². The highest BCUT2D eigenvalue weighted by Crippen LogP contribution is 2.31. The molecule has 2 N–H and O–H groups in total. The zero-order valence-electron chi connectivity index (χ0n) is 12.9. The van der Waals surface area contributed by atoms with E-state index in [2.05, 4.69) is 24.3 Å². The molecule has 1 saturated heterocycles. The van der Waals surface area contributed by atoms with Gasteiger partial charge in [-0.1, -0.05) is 30.3 Å². The van der Waals surface area contributed by atoms with Crippen molar-refractivity contribution in [2.75, 3.05) is 33.4 Å². The van der Waals surface area contributed by atoms with Gasteiger partial charge >= 0.3 is 0 Å². The number of ether oxygens (including phenoxy) is 1. The number of amides is 1. The van der Waals surface area contributed by atoms with Crippen molar-refractivity contribution in [2.24, 2.45) is 11.1 Å². The first-order valence-corrected chi connectivity index (χ1v) is 7.75. The summed E-state index contributed by atoms with van der Waals surface area (Å²) in [4.78, 5) is 14.5. The van der Waals surface area contributed by atoms with Gasteiger partial charge in [0.15, 0.2) is 0 Å². The smallest absolute Gasteiger partial charge is 0.229 e. The number of hydrogen-bond acceptors (Lipinski definition) is 3. The van der Waals surface area contributed by atoms with E-state index in [4.69, 9.17) is 10.5 Å². The number of nitrogens with zero attached hydrogens (tertiary/aromatic N) is 1. The molecule has 0 unspecified atom stereocenters. The molecule has 0 saturated carbocycles. The van der Waals surface area contributed by atoms with Gasteiger partial charge in [-0.05, 0) is 31.2 Å². The molecule has 1 aliphatic heterocycles. The summed E-state index contributed by atoms with van der Waals surface area (Å²) in [6.07, 6.45) is 3.46. The Balaban J connectivity index is 1.84. The highest BCUT2D eigenvalue weighted by Gasteiger charge is 2.40. The van der Waals surface area contributed by atoms with E-state index in [9.17, 15) is 4.79 Å². The van der Waals surface area contributed by atoms with Crippen LogP contribution < -0.4 is 5.73 Å². The zero-order valence-corrected chi connectivity index (χ0v) is 12.9. The Morgan fingerprint density at radius 3 is 2.57 bits per heavy atom. The highest BCUT2D eigenvalue weighted by atomic mass is 16.5. The maximum Gasteiger partial charge on any atom is 0.229 e. The van der Waals surface area contributed by atoms with Crippen molar-refractivity contribution in [3.8, 4) is 0 Å². The van der Waals surface area contributed by atoms with E-state index < -0.39 is 5.41 Å². The van der Waals surface area contributed by atoms with Crippen LogP contribution in [0.2, 0.25) is 0 Å². The third-order valence-electron chi connectivity index (χ3n) is 4.44. The SMILES string of the molecule is CN(CCCc1ccccc1)C(=O)C1(CN)CCOCC1. The van der Waals surface area contributed by atoms with Gasteiger partial charge in [0.05, 0.1) is 5.41 Å². The van der Waals surface area contributed by atoms with E-state index in [1.165, 1.54) is 5.56 Å². The summed E-state index contributed by atoms with van der Waals surface area (Å²) in [6.45, 7) is 2.47. The second-order valence-electron chi connectivity index (χ2n) is 5.91. The van der Waals surface area contributed by atoms with Crippen LogP contribution in [-0.2, 0) is 16.0 Å². The molecular weight excluding hydrogens is 264 g/mol. The minimum Gasteiger partial charge on any atom is -0.381 e. The maximum atomic E-state index is 12.7. The third-order valence-corrected chi connectivity index (χ3v) is 4.44. The van der Waals surface area contributed by atoms with Gasteiger partial charge in [0.25, 0.3) is 0 Å². The summed E-state index contributed by atoms with van der Waals surface area (Å²) in [6, 6.07) is 10.4. The summed E-state index contributed by atoms with van der Waals surface area (Å²) in [5.41, 5.74) is 6.81. The lowest BCUT2D eigenvalue weighted by atomic mass is 9.79. The van der Waals surface area contributed by atoms with Gasteiger partial charge in [-0.25, -0.2) is 0 Å². The quantitative estimate of drug-likeness (QED) is 0.869. The molecule has 0 radical (unpaired) electrons. The average Bonchev–Trinajstić information content (AvgIpc) is 2.55. The fourth-order valence-electron chi connectivity index (χ4n) is 2.94. The van der Waals surface area contributed by atoms with Crippen molar-refractivity contribution in [3.63, 3.8) is 0 Å². The Bertz CT molecular complexity index is 441. The van der Waals surface area contributed by atoms with Crippen molar-refractivity contribution < 1.29 is 9.53 Å². The lowest BCUT2D eigenvalue weighted by molar-refractivity contribution is -0.145. The summed E-state index contributed by atoms with van der Waals surface area (Å²) in [5.74, 6) is 0.182. The molecule has 2 rings (SSSR count). The number of benzene rings is 1. The van der Waals surface area contributed by atoms with E-state index in [0.29, 0.717) is 19.8 Å². The Labute approximate surface area is 127 Å². The minimum atomic E-state index is -0.403. The predicted octanol–water partition coefficient (Wildman–Crippen LogP) is 1.83. The molecule has 0 bridgehead atoms. The van der Waals surface area contributed by atoms with Crippen LogP contribution in [-0.4, -0.2) is 44.2 Å². The number of aryl methyl sites for hydroxylation is 1. The van der Waals surface area contributed by atoms with E-state index >= 15 is 0 Å². The predicted molar refractivity (Wildman–Crippen MR) is 83.9 cm³/mol. The topological polar surface area (TPSA) is 55.6 Å². The molecule has 1 aromatic rings. The summed E-state index contributed by atoms with van der Waals surface area (Å²) >= 11 is 0. The molecule has 4 heteroatoms. The fraction of sp³-hybridized carbons (Fsp3) is 0.588. The first kappa shape index (κ1) is 16.0.